The van der Waals surface area contributed by atoms with Crippen LogP contribution in [0.4, 0.5) is 5.13 Å². The van der Waals surface area contributed by atoms with Crippen LogP contribution in [0.25, 0.3) is 0 Å². The van der Waals surface area contributed by atoms with Gasteiger partial charge in [-0.15, -0.1) is 10.2 Å². The molecule has 1 aromatic heterocycles. The topological polar surface area (TPSA) is 64.1 Å². The van der Waals surface area contributed by atoms with Crippen molar-refractivity contribution in [2.24, 2.45) is 11.3 Å². The summed E-state index contributed by atoms with van der Waals surface area (Å²) in [6, 6.07) is 0. The van der Waals surface area contributed by atoms with Gasteiger partial charge in [-0.3, -0.25) is 4.79 Å². The van der Waals surface area contributed by atoms with Crippen LogP contribution in [0.15, 0.2) is 0 Å². The first-order valence-corrected chi connectivity index (χ1v) is 9.57. The molecule has 0 radical (unpaired) electrons. The molecule has 0 aromatic carbocycles. The van der Waals surface area contributed by atoms with Gasteiger partial charge in [0, 0.05) is 25.6 Å². The van der Waals surface area contributed by atoms with Gasteiger partial charge < -0.3 is 10.1 Å². The molecule has 1 aliphatic carbocycles. The Morgan fingerprint density at radius 1 is 1.26 bits per heavy atom. The van der Waals surface area contributed by atoms with Crippen molar-refractivity contribution in [1.29, 1.82) is 0 Å². The smallest absolute Gasteiger partial charge is 0.226 e. The maximum atomic E-state index is 12.4. The largest absolute Gasteiger partial charge is 0.381 e. The fraction of sp³-hybridized carbons (Fsp3) is 0.824. The molecular weight excluding hydrogens is 310 g/mol. The molecule has 23 heavy (non-hydrogen) atoms. The Morgan fingerprint density at radius 2 is 2.04 bits per heavy atom. The molecule has 2 fully saturated rings. The fourth-order valence-corrected chi connectivity index (χ4v) is 4.66. The van der Waals surface area contributed by atoms with Crippen molar-refractivity contribution in [2.45, 2.75) is 64.7 Å². The molecule has 5 nitrogen and oxygen atoms in total. The van der Waals surface area contributed by atoms with E-state index in [9.17, 15) is 4.79 Å². The van der Waals surface area contributed by atoms with Crippen LogP contribution < -0.4 is 5.32 Å². The summed E-state index contributed by atoms with van der Waals surface area (Å²) in [4.78, 5) is 12.4. The van der Waals surface area contributed by atoms with Gasteiger partial charge in [-0.25, -0.2) is 0 Å². The Balaban J connectivity index is 1.54. The Kier molecular flexibility index (Phi) is 5.31. The van der Waals surface area contributed by atoms with Crippen molar-refractivity contribution in [3.05, 3.63) is 5.01 Å². The Morgan fingerprint density at radius 3 is 2.78 bits per heavy atom. The second-order valence-electron chi connectivity index (χ2n) is 7.52. The Labute approximate surface area is 142 Å². The number of hydrogen-bond acceptors (Lipinski definition) is 5. The molecule has 1 amide bonds. The number of rotatable bonds is 4. The molecule has 2 heterocycles. The molecule has 1 atom stereocenters. The number of aromatic nitrogens is 2. The van der Waals surface area contributed by atoms with Crippen LogP contribution in [-0.4, -0.2) is 29.3 Å². The molecule has 1 saturated heterocycles. The highest BCUT2D eigenvalue weighted by molar-refractivity contribution is 7.15. The average Bonchev–Trinajstić information content (AvgIpc) is 2.98. The lowest BCUT2D eigenvalue weighted by Crippen LogP contribution is -2.31. The van der Waals surface area contributed by atoms with Gasteiger partial charge in [0.25, 0.3) is 0 Å². The molecule has 1 aliphatic heterocycles. The van der Waals surface area contributed by atoms with E-state index in [0.29, 0.717) is 23.4 Å². The summed E-state index contributed by atoms with van der Waals surface area (Å²) in [5.74, 6) is 0.989. The lowest BCUT2D eigenvalue weighted by molar-refractivity contribution is -0.118. The van der Waals surface area contributed by atoms with Crippen molar-refractivity contribution < 1.29 is 9.53 Å². The predicted octanol–water partition coefficient (Wildman–Crippen LogP) is 3.98. The van der Waals surface area contributed by atoms with Crippen LogP contribution in [0, 0.1) is 11.3 Å². The zero-order chi connectivity index (χ0) is 16.3. The van der Waals surface area contributed by atoms with Gasteiger partial charge in [0.2, 0.25) is 11.0 Å². The lowest BCUT2D eigenvalue weighted by Gasteiger charge is -2.38. The first-order valence-electron chi connectivity index (χ1n) is 8.75. The first kappa shape index (κ1) is 16.8. The number of carbonyl (C=O) groups is 1. The van der Waals surface area contributed by atoms with Gasteiger partial charge in [0.05, 0.1) is 0 Å². The molecule has 3 rings (SSSR count). The van der Waals surface area contributed by atoms with Gasteiger partial charge in [0.15, 0.2) is 0 Å². The van der Waals surface area contributed by atoms with E-state index in [1.54, 1.807) is 0 Å². The van der Waals surface area contributed by atoms with Crippen molar-refractivity contribution in [2.75, 3.05) is 18.5 Å². The molecule has 0 spiro atoms. The molecule has 128 valence electrons. The van der Waals surface area contributed by atoms with Gasteiger partial charge in [-0.2, -0.15) is 0 Å². The van der Waals surface area contributed by atoms with Crippen molar-refractivity contribution in [3.63, 3.8) is 0 Å². The van der Waals surface area contributed by atoms with E-state index in [-0.39, 0.29) is 11.3 Å². The normalized spacial score (nSPS) is 25.2. The van der Waals surface area contributed by atoms with Crippen LogP contribution in [0.1, 0.15) is 69.7 Å². The van der Waals surface area contributed by atoms with Gasteiger partial charge in [-0.05, 0) is 37.0 Å². The fourth-order valence-electron chi connectivity index (χ4n) is 3.73. The number of hydrogen-bond donors (Lipinski definition) is 1. The van der Waals surface area contributed by atoms with Gasteiger partial charge in [-0.1, -0.05) is 38.0 Å². The highest BCUT2D eigenvalue weighted by Gasteiger charge is 2.33. The summed E-state index contributed by atoms with van der Waals surface area (Å²) < 4.78 is 5.38. The predicted molar refractivity (Wildman–Crippen MR) is 91.7 cm³/mol. The first-order chi connectivity index (χ1) is 11.0. The minimum absolute atomic E-state index is 0.0830. The van der Waals surface area contributed by atoms with Crippen LogP contribution in [0.2, 0.25) is 0 Å². The van der Waals surface area contributed by atoms with Crippen molar-refractivity contribution >= 4 is 22.4 Å². The summed E-state index contributed by atoms with van der Waals surface area (Å²) in [5.41, 5.74) is 0.268. The molecule has 2 aliphatic rings. The van der Waals surface area contributed by atoms with E-state index in [4.69, 9.17) is 4.74 Å². The standard InChI is InChI=1S/C17H27N3O2S/c1-17(2)8-4-3-5-13(17)11-14(21)18-16-20-19-15(23-16)12-6-9-22-10-7-12/h12-13H,3-11H2,1-2H3,(H,18,20,21)/t13-/m1/s1. The van der Waals surface area contributed by atoms with E-state index < -0.39 is 0 Å². The average molecular weight is 337 g/mol. The summed E-state index contributed by atoms with van der Waals surface area (Å²) in [7, 11) is 0. The molecular formula is C17H27N3O2S. The van der Waals surface area contributed by atoms with Crippen LogP contribution in [0.3, 0.4) is 0 Å². The maximum Gasteiger partial charge on any atom is 0.226 e. The van der Waals surface area contributed by atoms with E-state index in [1.807, 2.05) is 0 Å². The zero-order valence-corrected chi connectivity index (χ0v) is 15.0. The molecule has 0 bridgehead atoms. The highest BCUT2D eigenvalue weighted by atomic mass is 32.1. The second kappa shape index (κ2) is 7.26. The van der Waals surface area contributed by atoms with Gasteiger partial charge >= 0.3 is 0 Å². The quantitative estimate of drug-likeness (QED) is 0.902. The Hall–Kier alpha value is -1.01. The van der Waals surface area contributed by atoms with E-state index in [2.05, 4.69) is 29.4 Å². The van der Waals surface area contributed by atoms with Gasteiger partial charge in [0.1, 0.15) is 5.01 Å². The van der Waals surface area contributed by atoms with E-state index >= 15 is 0 Å². The minimum atomic E-state index is 0.0830. The molecule has 6 heteroatoms. The maximum absolute atomic E-state index is 12.4. The SMILES string of the molecule is CC1(C)CCCC[C@@H]1CC(=O)Nc1nnc(C2CCOCC2)s1. The summed E-state index contributed by atoms with van der Waals surface area (Å²) >= 11 is 1.52. The van der Waals surface area contributed by atoms with Crippen molar-refractivity contribution in [1.82, 2.24) is 10.2 Å². The summed E-state index contributed by atoms with van der Waals surface area (Å²) in [6.07, 6.45) is 7.50. The third-order valence-corrected chi connectivity index (χ3v) is 6.42. The second-order valence-corrected chi connectivity index (χ2v) is 8.52. The zero-order valence-electron chi connectivity index (χ0n) is 14.1. The molecule has 1 saturated carbocycles. The monoisotopic (exact) mass is 337 g/mol. The Bertz CT molecular complexity index is 538. The number of nitrogens with one attached hydrogen (secondary N) is 1. The number of anilines is 1. The summed E-state index contributed by atoms with van der Waals surface area (Å²) in [6.45, 7) is 6.17. The third-order valence-electron chi connectivity index (χ3n) is 5.42. The minimum Gasteiger partial charge on any atom is -0.381 e. The van der Waals surface area contributed by atoms with E-state index in [0.717, 1.165) is 37.5 Å². The highest BCUT2D eigenvalue weighted by Crippen LogP contribution is 2.42. The molecule has 1 N–H and O–H groups in total. The van der Waals surface area contributed by atoms with Crippen LogP contribution >= 0.6 is 11.3 Å². The van der Waals surface area contributed by atoms with Crippen LogP contribution in [-0.2, 0) is 9.53 Å². The summed E-state index contributed by atoms with van der Waals surface area (Å²) in [5, 5.41) is 13.1. The number of carbonyl (C=O) groups excluding carboxylic acids is 1. The number of ether oxygens (including phenoxy) is 1. The van der Waals surface area contributed by atoms with Crippen molar-refractivity contribution in [3.8, 4) is 0 Å². The lowest BCUT2D eigenvalue weighted by atomic mass is 9.67. The molecule has 0 unspecified atom stereocenters. The number of amides is 1. The molecule has 1 aromatic rings. The number of nitrogens with zero attached hydrogens (tertiary/aromatic N) is 2. The van der Waals surface area contributed by atoms with E-state index in [1.165, 1.54) is 30.6 Å². The third kappa shape index (κ3) is 4.29. The van der Waals surface area contributed by atoms with Crippen LogP contribution in [0.5, 0.6) is 0 Å².